The van der Waals surface area contributed by atoms with Crippen LogP contribution in [-0.2, 0) is 16.9 Å². The Labute approximate surface area is 141 Å². The van der Waals surface area contributed by atoms with Gasteiger partial charge in [0.25, 0.3) is 5.91 Å². The first-order valence-corrected chi connectivity index (χ1v) is 7.93. The summed E-state index contributed by atoms with van der Waals surface area (Å²) in [5, 5.41) is 2.89. The van der Waals surface area contributed by atoms with Crippen LogP contribution in [0.2, 0.25) is 0 Å². The molecule has 1 aliphatic heterocycles. The molecule has 0 saturated carbocycles. The number of benzene rings is 2. The number of amides is 3. The highest BCUT2D eigenvalue weighted by molar-refractivity contribution is 6.07. The van der Waals surface area contributed by atoms with Gasteiger partial charge >= 0.3 is 6.03 Å². The molecule has 0 aromatic heterocycles. The minimum atomic E-state index is -1.02. The highest BCUT2D eigenvalue weighted by Crippen LogP contribution is 2.34. The summed E-state index contributed by atoms with van der Waals surface area (Å²) < 4.78 is 5.16. The maximum atomic E-state index is 13.0. The van der Waals surface area contributed by atoms with Crippen molar-refractivity contribution in [1.82, 2.24) is 10.2 Å². The van der Waals surface area contributed by atoms with E-state index in [1.165, 1.54) is 4.90 Å². The quantitative estimate of drug-likeness (QED) is 0.860. The lowest BCUT2D eigenvalue weighted by Gasteiger charge is -2.26. The molecule has 24 heavy (non-hydrogen) atoms. The number of ether oxygens (including phenoxy) is 1. The van der Waals surface area contributed by atoms with Crippen LogP contribution >= 0.6 is 0 Å². The average Bonchev–Trinajstić information content (AvgIpc) is 2.88. The van der Waals surface area contributed by atoms with E-state index in [1.807, 2.05) is 49.4 Å². The molecule has 124 valence electrons. The normalized spacial score (nSPS) is 20.2. The van der Waals surface area contributed by atoms with Gasteiger partial charge in [-0.1, -0.05) is 49.4 Å². The minimum absolute atomic E-state index is 0.219. The SMILES string of the molecule is CC[C@@]1(c2ccc(OC)cc2)NC(=O)N(Cc2ccccc2)C1=O. The average molecular weight is 324 g/mol. The van der Waals surface area contributed by atoms with Crippen LogP contribution in [0.3, 0.4) is 0 Å². The number of hydrogen-bond donors (Lipinski definition) is 1. The molecule has 5 nitrogen and oxygen atoms in total. The van der Waals surface area contributed by atoms with Crippen LogP contribution in [-0.4, -0.2) is 23.9 Å². The molecule has 0 unspecified atom stereocenters. The van der Waals surface area contributed by atoms with Crippen molar-refractivity contribution in [2.75, 3.05) is 7.11 Å². The molecule has 1 fully saturated rings. The van der Waals surface area contributed by atoms with Crippen molar-refractivity contribution < 1.29 is 14.3 Å². The minimum Gasteiger partial charge on any atom is -0.497 e. The third kappa shape index (κ3) is 2.62. The molecule has 0 radical (unpaired) electrons. The first-order valence-electron chi connectivity index (χ1n) is 7.93. The maximum Gasteiger partial charge on any atom is 0.325 e. The number of nitrogens with zero attached hydrogens (tertiary/aromatic N) is 1. The molecule has 0 spiro atoms. The first kappa shape index (κ1) is 16.1. The van der Waals surface area contributed by atoms with Crippen molar-refractivity contribution in [3.05, 3.63) is 65.7 Å². The number of urea groups is 1. The summed E-state index contributed by atoms with van der Waals surface area (Å²) in [5.74, 6) is 0.493. The summed E-state index contributed by atoms with van der Waals surface area (Å²) in [4.78, 5) is 26.7. The number of nitrogens with one attached hydrogen (secondary N) is 1. The Hall–Kier alpha value is -2.82. The Morgan fingerprint density at radius 2 is 1.71 bits per heavy atom. The van der Waals surface area contributed by atoms with E-state index in [2.05, 4.69) is 5.32 Å². The highest BCUT2D eigenvalue weighted by Gasteiger charge is 2.51. The lowest BCUT2D eigenvalue weighted by Crippen LogP contribution is -2.43. The van der Waals surface area contributed by atoms with Gasteiger partial charge < -0.3 is 10.1 Å². The largest absolute Gasteiger partial charge is 0.497 e. The van der Waals surface area contributed by atoms with Crippen LogP contribution in [0.25, 0.3) is 0 Å². The smallest absolute Gasteiger partial charge is 0.325 e. The topological polar surface area (TPSA) is 58.6 Å². The van der Waals surface area contributed by atoms with Gasteiger partial charge in [0.05, 0.1) is 13.7 Å². The summed E-state index contributed by atoms with van der Waals surface area (Å²) in [7, 11) is 1.59. The van der Waals surface area contributed by atoms with Crippen molar-refractivity contribution in [1.29, 1.82) is 0 Å². The predicted octanol–water partition coefficient (Wildman–Crippen LogP) is 3.05. The van der Waals surface area contributed by atoms with Crippen LogP contribution < -0.4 is 10.1 Å². The Bertz CT molecular complexity index is 743. The van der Waals surface area contributed by atoms with Crippen LogP contribution in [0.5, 0.6) is 5.75 Å². The van der Waals surface area contributed by atoms with E-state index in [4.69, 9.17) is 4.74 Å². The molecule has 5 heteroatoms. The molecule has 3 rings (SSSR count). The molecular weight excluding hydrogens is 304 g/mol. The number of rotatable bonds is 5. The molecule has 2 aromatic rings. The Kier molecular flexibility index (Phi) is 4.25. The van der Waals surface area contributed by atoms with Gasteiger partial charge in [-0.05, 0) is 29.7 Å². The summed E-state index contributed by atoms with van der Waals surface area (Å²) in [6.07, 6.45) is 0.481. The molecule has 2 aromatic carbocycles. The fourth-order valence-corrected chi connectivity index (χ4v) is 3.05. The van der Waals surface area contributed by atoms with Gasteiger partial charge in [0.15, 0.2) is 0 Å². The third-order valence-electron chi connectivity index (χ3n) is 4.47. The second-order valence-electron chi connectivity index (χ2n) is 5.79. The molecule has 0 aliphatic carbocycles. The van der Waals surface area contributed by atoms with Crippen molar-refractivity contribution in [3.63, 3.8) is 0 Å². The zero-order chi connectivity index (χ0) is 17.2. The first-order chi connectivity index (χ1) is 11.6. The third-order valence-corrected chi connectivity index (χ3v) is 4.47. The molecule has 1 atom stereocenters. The molecule has 1 heterocycles. The summed E-state index contributed by atoms with van der Waals surface area (Å²) in [5.41, 5.74) is 0.667. The Morgan fingerprint density at radius 1 is 1.04 bits per heavy atom. The zero-order valence-electron chi connectivity index (χ0n) is 13.8. The van der Waals surface area contributed by atoms with Crippen molar-refractivity contribution in [3.8, 4) is 5.75 Å². The summed E-state index contributed by atoms with van der Waals surface area (Å²) >= 11 is 0. The molecule has 1 saturated heterocycles. The predicted molar refractivity (Wildman–Crippen MR) is 90.5 cm³/mol. The monoisotopic (exact) mass is 324 g/mol. The lowest BCUT2D eigenvalue weighted by molar-refractivity contribution is -0.132. The van der Waals surface area contributed by atoms with Gasteiger partial charge in [0.2, 0.25) is 0 Å². The van der Waals surface area contributed by atoms with Crippen molar-refractivity contribution >= 4 is 11.9 Å². The van der Waals surface area contributed by atoms with Gasteiger partial charge in [-0.25, -0.2) is 4.79 Å². The maximum absolute atomic E-state index is 13.0. The van der Waals surface area contributed by atoms with E-state index in [0.29, 0.717) is 12.2 Å². The number of methoxy groups -OCH3 is 1. The van der Waals surface area contributed by atoms with E-state index in [0.717, 1.165) is 11.1 Å². The Balaban J connectivity index is 1.91. The van der Waals surface area contributed by atoms with Gasteiger partial charge in [-0.15, -0.1) is 0 Å². The lowest BCUT2D eigenvalue weighted by atomic mass is 9.87. The number of carbonyl (C=O) groups is 2. The van der Waals surface area contributed by atoms with Gasteiger partial charge in [-0.2, -0.15) is 0 Å². The fraction of sp³-hybridized carbons (Fsp3) is 0.263. The standard InChI is InChI=1S/C19H20N2O3/c1-3-19(15-9-11-16(24-2)12-10-15)17(22)21(18(23)20-19)13-14-7-5-4-6-8-14/h4-12H,3,13H2,1-2H3,(H,20,23)/t19-/m0/s1. The van der Waals surface area contributed by atoms with Gasteiger partial charge in [-0.3, -0.25) is 9.69 Å². The number of hydrogen-bond acceptors (Lipinski definition) is 3. The molecule has 1 N–H and O–H groups in total. The van der Waals surface area contributed by atoms with Gasteiger partial charge in [0, 0.05) is 0 Å². The van der Waals surface area contributed by atoms with Crippen LogP contribution in [0, 0.1) is 0 Å². The van der Waals surface area contributed by atoms with Crippen LogP contribution in [0.15, 0.2) is 54.6 Å². The van der Waals surface area contributed by atoms with Crippen molar-refractivity contribution in [2.45, 2.75) is 25.4 Å². The summed E-state index contributed by atoms with van der Waals surface area (Å²) in [6.45, 7) is 2.16. The molecule has 3 amide bonds. The fourth-order valence-electron chi connectivity index (χ4n) is 3.05. The van der Waals surface area contributed by atoms with Crippen LogP contribution in [0.4, 0.5) is 4.79 Å². The van der Waals surface area contributed by atoms with E-state index < -0.39 is 5.54 Å². The van der Waals surface area contributed by atoms with E-state index in [1.54, 1.807) is 19.2 Å². The second-order valence-corrected chi connectivity index (χ2v) is 5.79. The zero-order valence-corrected chi connectivity index (χ0v) is 13.8. The Morgan fingerprint density at radius 3 is 2.29 bits per heavy atom. The van der Waals surface area contributed by atoms with Crippen LogP contribution in [0.1, 0.15) is 24.5 Å². The van der Waals surface area contributed by atoms with E-state index >= 15 is 0 Å². The molecular formula is C19H20N2O3. The second kappa shape index (κ2) is 6.35. The number of carbonyl (C=O) groups excluding carboxylic acids is 2. The molecule has 1 aliphatic rings. The van der Waals surface area contributed by atoms with E-state index in [9.17, 15) is 9.59 Å². The van der Waals surface area contributed by atoms with E-state index in [-0.39, 0.29) is 18.5 Å². The highest BCUT2D eigenvalue weighted by atomic mass is 16.5. The molecule has 0 bridgehead atoms. The van der Waals surface area contributed by atoms with Crippen molar-refractivity contribution in [2.24, 2.45) is 0 Å². The summed E-state index contributed by atoms with van der Waals surface area (Å²) in [6, 6.07) is 16.4. The van der Waals surface area contributed by atoms with Gasteiger partial charge in [0.1, 0.15) is 11.3 Å². The number of imide groups is 1.